The number of carbonyl (C=O) groups is 1. The maximum absolute atomic E-state index is 11.1. The van der Waals surface area contributed by atoms with E-state index in [2.05, 4.69) is 15.6 Å². The van der Waals surface area contributed by atoms with Crippen molar-refractivity contribution in [3.63, 3.8) is 0 Å². The van der Waals surface area contributed by atoms with Crippen molar-refractivity contribution in [2.45, 2.75) is 6.92 Å². The van der Waals surface area contributed by atoms with Crippen molar-refractivity contribution in [1.29, 1.82) is 0 Å². The van der Waals surface area contributed by atoms with Gasteiger partial charge in [-0.3, -0.25) is 15.4 Å². The van der Waals surface area contributed by atoms with Crippen molar-refractivity contribution in [2.24, 2.45) is 0 Å². The molecule has 0 saturated carbocycles. The van der Waals surface area contributed by atoms with Crippen molar-refractivity contribution in [3.8, 4) is 0 Å². The summed E-state index contributed by atoms with van der Waals surface area (Å²) in [5.74, 6) is -0.0616. The highest BCUT2D eigenvalue weighted by Gasteiger charge is 2.15. The fourth-order valence-electron chi connectivity index (χ4n) is 0.953. The first-order valence-corrected chi connectivity index (χ1v) is 4.29. The lowest BCUT2D eigenvalue weighted by Crippen LogP contribution is -2.28. The van der Waals surface area contributed by atoms with E-state index < -0.39 is 11.0 Å². The standard InChI is InChI=1S/C8H10N4O3/c1-2-9-8(13)11-7-6(12(14)15)4-3-5-10-7/h3-5H,2H2,1H3,(H2,9,10,11,13). The number of amides is 2. The van der Waals surface area contributed by atoms with Crippen molar-refractivity contribution in [1.82, 2.24) is 10.3 Å². The number of nitrogens with zero attached hydrogens (tertiary/aromatic N) is 2. The van der Waals surface area contributed by atoms with Gasteiger partial charge in [0, 0.05) is 18.8 Å². The van der Waals surface area contributed by atoms with E-state index in [1.807, 2.05) is 0 Å². The van der Waals surface area contributed by atoms with Crippen LogP contribution in [0.5, 0.6) is 0 Å². The highest BCUT2D eigenvalue weighted by Crippen LogP contribution is 2.19. The Kier molecular flexibility index (Phi) is 3.55. The summed E-state index contributed by atoms with van der Waals surface area (Å²) in [6.45, 7) is 2.18. The second-order valence-corrected chi connectivity index (χ2v) is 2.61. The molecule has 0 aliphatic heterocycles. The zero-order valence-corrected chi connectivity index (χ0v) is 8.06. The van der Waals surface area contributed by atoms with Crippen molar-refractivity contribution in [3.05, 3.63) is 28.4 Å². The van der Waals surface area contributed by atoms with Crippen LogP contribution in [0.2, 0.25) is 0 Å². The van der Waals surface area contributed by atoms with E-state index >= 15 is 0 Å². The highest BCUT2D eigenvalue weighted by molar-refractivity contribution is 5.90. The number of anilines is 1. The Balaban J connectivity index is 2.84. The maximum Gasteiger partial charge on any atom is 0.320 e. The molecule has 0 bridgehead atoms. The van der Waals surface area contributed by atoms with E-state index in [1.54, 1.807) is 6.92 Å². The minimum absolute atomic E-state index is 0.0616. The van der Waals surface area contributed by atoms with Crippen LogP contribution < -0.4 is 10.6 Å². The Labute approximate surface area is 85.7 Å². The summed E-state index contributed by atoms with van der Waals surface area (Å²) in [7, 11) is 0. The normalized spacial score (nSPS) is 9.40. The van der Waals surface area contributed by atoms with Crippen molar-refractivity contribution >= 4 is 17.5 Å². The molecule has 0 saturated heterocycles. The van der Waals surface area contributed by atoms with E-state index in [1.165, 1.54) is 18.3 Å². The van der Waals surface area contributed by atoms with Crippen LogP contribution in [0.4, 0.5) is 16.3 Å². The third-order valence-corrected chi connectivity index (χ3v) is 1.55. The van der Waals surface area contributed by atoms with Crippen LogP contribution in [0, 0.1) is 10.1 Å². The fraction of sp³-hybridized carbons (Fsp3) is 0.250. The molecule has 2 amide bonds. The molecule has 0 fully saturated rings. The Morgan fingerprint density at radius 1 is 1.67 bits per heavy atom. The predicted molar refractivity (Wildman–Crippen MR) is 53.6 cm³/mol. The quantitative estimate of drug-likeness (QED) is 0.577. The summed E-state index contributed by atoms with van der Waals surface area (Å²) in [5.41, 5.74) is -0.233. The van der Waals surface area contributed by atoms with Gasteiger partial charge in [-0.2, -0.15) is 0 Å². The van der Waals surface area contributed by atoms with Gasteiger partial charge in [-0.1, -0.05) is 0 Å². The monoisotopic (exact) mass is 210 g/mol. The Morgan fingerprint density at radius 3 is 3.00 bits per heavy atom. The van der Waals surface area contributed by atoms with Crippen LogP contribution in [0.15, 0.2) is 18.3 Å². The van der Waals surface area contributed by atoms with E-state index in [9.17, 15) is 14.9 Å². The average Bonchev–Trinajstić information content (AvgIpc) is 2.18. The molecular weight excluding hydrogens is 200 g/mol. The van der Waals surface area contributed by atoms with E-state index in [0.717, 1.165) is 0 Å². The second-order valence-electron chi connectivity index (χ2n) is 2.61. The van der Waals surface area contributed by atoms with Gasteiger partial charge in [0.05, 0.1) is 4.92 Å². The molecule has 80 valence electrons. The molecular formula is C8H10N4O3. The molecule has 7 heteroatoms. The van der Waals surface area contributed by atoms with Gasteiger partial charge in [0.1, 0.15) is 0 Å². The third kappa shape index (κ3) is 2.90. The topological polar surface area (TPSA) is 97.2 Å². The molecule has 1 aromatic rings. The first-order valence-electron chi connectivity index (χ1n) is 4.29. The number of hydrogen-bond donors (Lipinski definition) is 2. The second kappa shape index (κ2) is 4.89. The Hall–Kier alpha value is -2.18. The highest BCUT2D eigenvalue weighted by atomic mass is 16.6. The molecule has 1 rings (SSSR count). The van der Waals surface area contributed by atoms with Crippen LogP contribution in [0.1, 0.15) is 6.92 Å². The molecule has 0 unspecified atom stereocenters. The van der Waals surface area contributed by atoms with E-state index in [0.29, 0.717) is 6.54 Å². The lowest BCUT2D eigenvalue weighted by atomic mass is 10.4. The molecule has 0 spiro atoms. The lowest BCUT2D eigenvalue weighted by Gasteiger charge is -2.04. The third-order valence-electron chi connectivity index (χ3n) is 1.55. The summed E-state index contributed by atoms with van der Waals surface area (Å²) in [4.78, 5) is 24.8. The lowest BCUT2D eigenvalue weighted by molar-refractivity contribution is -0.384. The van der Waals surface area contributed by atoms with Gasteiger partial charge in [-0.15, -0.1) is 0 Å². The number of nitro groups is 1. The number of carbonyl (C=O) groups excluding carboxylic acids is 1. The fourth-order valence-corrected chi connectivity index (χ4v) is 0.953. The Morgan fingerprint density at radius 2 is 2.40 bits per heavy atom. The molecule has 0 atom stereocenters. The van der Waals surface area contributed by atoms with E-state index in [4.69, 9.17) is 0 Å². The zero-order chi connectivity index (χ0) is 11.3. The van der Waals surface area contributed by atoms with Crippen LogP contribution in [-0.4, -0.2) is 22.5 Å². The number of urea groups is 1. The van der Waals surface area contributed by atoms with Gasteiger partial charge in [-0.05, 0) is 13.0 Å². The maximum atomic E-state index is 11.1. The number of aromatic nitrogens is 1. The first kappa shape index (κ1) is 10.9. The van der Waals surface area contributed by atoms with Gasteiger partial charge in [-0.25, -0.2) is 9.78 Å². The van der Waals surface area contributed by atoms with Crippen molar-refractivity contribution < 1.29 is 9.72 Å². The largest absolute Gasteiger partial charge is 0.338 e. The number of rotatable bonds is 3. The van der Waals surface area contributed by atoms with Crippen LogP contribution in [0.25, 0.3) is 0 Å². The van der Waals surface area contributed by atoms with Gasteiger partial charge >= 0.3 is 11.7 Å². The number of hydrogen-bond acceptors (Lipinski definition) is 4. The molecule has 7 nitrogen and oxygen atoms in total. The van der Waals surface area contributed by atoms with Crippen LogP contribution in [0.3, 0.4) is 0 Å². The molecule has 0 aliphatic carbocycles. The average molecular weight is 210 g/mol. The number of pyridine rings is 1. The minimum atomic E-state index is -0.603. The van der Waals surface area contributed by atoms with Gasteiger partial charge in [0.25, 0.3) is 0 Å². The van der Waals surface area contributed by atoms with Gasteiger partial charge in [0.2, 0.25) is 5.82 Å². The summed E-state index contributed by atoms with van der Waals surface area (Å²) < 4.78 is 0. The molecule has 0 aliphatic rings. The molecule has 0 aromatic carbocycles. The molecule has 0 radical (unpaired) electrons. The Bertz CT molecular complexity index is 380. The SMILES string of the molecule is CCNC(=O)Nc1ncccc1[N+](=O)[O-]. The van der Waals surface area contributed by atoms with E-state index in [-0.39, 0.29) is 11.5 Å². The molecule has 1 heterocycles. The number of nitrogens with one attached hydrogen (secondary N) is 2. The van der Waals surface area contributed by atoms with Crippen LogP contribution >= 0.6 is 0 Å². The van der Waals surface area contributed by atoms with Gasteiger partial charge in [0.15, 0.2) is 0 Å². The first-order chi connectivity index (χ1) is 7.15. The molecule has 2 N–H and O–H groups in total. The minimum Gasteiger partial charge on any atom is -0.338 e. The summed E-state index contributed by atoms with van der Waals surface area (Å²) in [6.07, 6.45) is 1.37. The summed E-state index contributed by atoms with van der Waals surface area (Å²) in [5, 5.41) is 15.3. The molecule has 1 aromatic heterocycles. The van der Waals surface area contributed by atoms with Crippen molar-refractivity contribution in [2.75, 3.05) is 11.9 Å². The summed E-state index contributed by atoms with van der Waals surface area (Å²) >= 11 is 0. The van der Waals surface area contributed by atoms with Gasteiger partial charge < -0.3 is 5.32 Å². The molecule has 15 heavy (non-hydrogen) atoms. The predicted octanol–water partition coefficient (Wildman–Crippen LogP) is 1.13. The summed E-state index contributed by atoms with van der Waals surface area (Å²) in [6, 6.07) is 2.19. The smallest absolute Gasteiger partial charge is 0.320 e. The zero-order valence-electron chi connectivity index (χ0n) is 8.06. The van der Waals surface area contributed by atoms with Crippen LogP contribution in [-0.2, 0) is 0 Å².